The molecule has 0 amide bonds. The zero-order valence-electron chi connectivity index (χ0n) is 19.5. The Bertz CT molecular complexity index is 1350. The number of rotatable bonds is 5. The fourth-order valence-corrected chi connectivity index (χ4v) is 4.87. The van der Waals surface area contributed by atoms with Gasteiger partial charge in [-0.15, -0.1) is 0 Å². The summed E-state index contributed by atoms with van der Waals surface area (Å²) in [5.74, 6) is 0.0908. The van der Waals surface area contributed by atoms with Crippen LogP contribution in [0.2, 0.25) is 0 Å². The van der Waals surface area contributed by atoms with Gasteiger partial charge in [0, 0.05) is 17.3 Å². The molecule has 0 radical (unpaired) electrons. The predicted octanol–water partition coefficient (Wildman–Crippen LogP) is 3.40. The minimum atomic E-state index is -0.268. The quantitative estimate of drug-likeness (QED) is 0.577. The van der Waals surface area contributed by atoms with E-state index in [1.165, 1.54) is 0 Å². The van der Waals surface area contributed by atoms with E-state index in [4.69, 9.17) is 10.5 Å². The largest absolute Gasteiger partial charge is 0.462 e. The number of H-pyrrole nitrogens is 1. The highest BCUT2D eigenvalue weighted by atomic mass is 16.5. The predicted molar refractivity (Wildman–Crippen MR) is 134 cm³/mol. The van der Waals surface area contributed by atoms with Crippen molar-refractivity contribution >= 4 is 18.1 Å². The van der Waals surface area contributed by atoms with E-state index in [9.17, 15) is 4.79 Å². The van der Waals surface area contributed by atoms with Gasteiger partial charge in [-0.25, -0.2) is 9.78 Å². The van der Waals surface area contributed by atoms with Gasteiger partial charge in [0.1, 0.15) is 0 Å². The van der Waals surface area contributed by atoms with Crippen molar-refractivity contribution in [3.63, 3.8) is 0 Å². The molecule has 2 aromatic heterocycles. The average molecular weight is 455 g/mol. The van der Waals surface area contributed by atoms with E-state index in [0.29, 0.717) is 24.5 Å². The Morgan fingerprint density at radius 1 is 1.18 bits per heavy atom. The fourth-order valence-electron chi connectivity index (χ4n) is 4.87. The Balaban J connectivity index is 1.40. The Kier molecular flexibility index (Phi) is 6.41. The number of benzene rings is 1. The molecule has 1 saturated carbocycles. The Labute approximate surface area is 199 Å². The van der Waals surface area contributed by atoms with E-state index >= 15 is 0 Å². The van der Waals surface area contributed by atoms with Gasteiger partial charge in [0.05, 0.1) is 35.6 Å². The second-order valence-corrected chi connectivity index (χ2v) is 9.27. The van der Waals surface area contributed by atoms with Crippen LogP contribution in [-0.2, 0) is 9.53 Å². The first-order valence-corrected chi connectivity index (χ1v) is 12.0. The van der Waals surface area contributed by atoms with Crippen molar-refractivity contribution < 1.29 is 9.53 Å². The highest BCUT2D eigenvalue weighted by Gasteiger charge is 2.21. The molecule has 174 valence electrons. The molecule has 0 saturated heterocycles. The topological polar surface area (TPSA) is 93.9 Å². The van der Waals surface area contributed by atoms with Crippen molar-refractivity contribution in [1.29, 1.82) is 0 Å². The number of nitrogens with two attached hydrogens (primary N) is 1. The van der Waals surface area contributed by atoms with E-state index in [0.717, 1.165) is 64.5 Å². The second kappa shape index (κ2) is 9.77. The molecule has 0 unspecified atom stereocenters. The first-order valence-electron chi connectivity index (χ1n) is 12.0. The van der Waals surface area contributed by atoms with Crippen LogP contribution in [0.4, 0.5) is 0 Å². The molecular formula is C28H30N4O2. The third-order valence-corrected chi connectivity index (χ3v) is 6.64. The van der Waals surface area contributed by atoms with Gasteiger partial charge in [0.2, 0.25) is 0 Å². The Morgan fingerprint density at radius 2 is 2.09 bits per heavy atom. The van der Waals surface area contributed by atoms with Crippen LogP contribution < -0.4 is 16.2 Å². The van der Waals surface area contributed by atoms with Gasteiger partial charge in [-0.3, -0.25) is 4.98 Å². The van der Waals surface area contributed by atoms with Crippen LogP contribution in [0, 0.1) is 12.8 Å². The number of aromatic amines is 1. The standard InChI is InChI=1S/C28H30N4O2/c1-18-5-2-10-25(32-18)27-26(30-17-31-27)21-12-11-20-7-4-8-22(15-23(20)14-21)28(33)34-16-19-6-3-9-24(29)13-19/h2,5,7-8,10-12,14-15,17,19,24H,3-4,6,9,13,16,29H2,1H3,(H,30,31)/t19-,24-/m0/s1. The van der Waals surface area contributed by atoms with Gasteiger partial charge in [-0.05, 0) is 73.2 Å². The van der Waals surface area contributed by atoms with E-state index in [2.05, 4.69) is 39.2 Å². The summed E-state index contributed by atoms with van der Waals surface area (Å²) in [5.41, 5.74) is 11.2. The maximum absolute atomic E-state index is 12.9. The highest BCUT2D eigenvalue weighted by Crippen LogP contribution is 2.27. The van der Waals surface area contributed by atoms with Gasteiger partial charge in [0.15, 0.2) is 0 Å². The van der Waals surface area contributed by atoms with Crippen LogP contribution in [-0.4, -0.2) is 33.6 Å². The lowest BCUT2D eigenvalue weighted by Crippen LogP contribution is -2.30. The van der Waals surface area contributed by atoms with E-state index in [-0.39, 0.29) is 12.0 Å². The molecule has 6 heteroatoms. The number of aromatic nitrogens is 3. The third-order valence-electron chi connectivity index (χ3n) is 6.64. The maximum Gasteiger partial charge on any atom is 0.337 e. The molecule has 2 heterocycles. The number of esters is 1. The number of nitrogens with zero attached hydrogens (tertiary/aromatic N) is 2. The number of ether oxygens (including phenoxy) is 1. The zero-order valence-corrected chi connectivity index (χ0v) is 19.5. The van der Waals surface area contributed by atoms with Gasteiger partial charge >= 0.3 is 5.97 Å². The molecule has 5 rings (SSSR count). The average Bonchev–Trinajstić information content (AvgIpc) is 3.23. The molecule has 0 bridgehead atoms. The summed E-state index contributed by atoms with van der Waals surface area (Å²) < 4.78 is 5.70. The number of fused-ring (bicyclic) bond motifs is 1. The van der Waals surface area contributed by atoms with Crippen LogP contribution in [0.1, 0.15) is 37.8 Å². The Morgan fingerprint density at radius 3 is 2.94 bits per heavy atom. The Hall–Kier alpha value is -3.51. The SMILES string of the molecule is Cc1cccc(-c2[nH]cnc2-c2ccc3c(c2)=CC(C(=O)OC[C@H]2CCC[C@H](N)C2)=CCC=3)n1. The molecule has 3 N–H and O–H groups in total. The molecule has 0 spiro atoms. The summed E-state index contributed by atoms with van der Waals surface area (Å²) in [6.45, 7) is 2.41. The number of hydrogen-bond acceptors (Lipinski definition) is 5. The van der Waals surface area contributed by atoms with Gasteiger partial charge in [-0.1, -0.05) is 36.8 Å². The molecule has 3 aromatic rings. The summed E-state index contributed by atoms with van der Waals surface area (Å²) in [7, 11) is 0. The fraction of sp³-hybridized carbons (Fsp3) is 0.321. The molecule has 1 fully saturated rings. The van der Waals surface area contributed by atoms with Crippen molar-refractivity contribution in [3.8, 4) is 22.6 Å². The maximum atomic E-state index is 12.9. The summed E-state index contributed by atoms with van der Waals surface area (Å²) in [6, 6.07) is 12.4. The van der Waals surface area contributed by atoms with Crippen LogP contribution in [0.5, 0.6) is 0 Å². The minimum absolute atomic E-state index is 0.225. The molecule has 0 aliphatic heterocycles. The number of carbonyl (C=O) groups is 1. The molecule has 2 aliphatic carbocycles. The first-order chi connectivity index (χ1) is 16.6. The van der Waals surface area contributed by atoms with Crippen molar-refractivity contribution in [2.75, 3.05) is 6.61 Å². The first kappa shape index (κ1) is 22.3. The number of hydrogen-bond donors (Lipinski definition) is 2. The summed E-state index contributed by atoms with van der Waals surface area (Å²) in [5, 5.41) is 2.07. The zero-order chi connectivity index (χ0) is 23.5. The number of imidazole rings is 1. The van der Waals surface area contributed by atoms with E-state index in [1.807, 2.05) is 37.3 Å². The molecule has 34 heavy (non-hydrogen) atoms. The molecule has 2 atom stereocenters. The van der Waals surface area contributed by atoms with Crippen molar-refractivity contribution in [2.45, 2.75) is 45.1 Å². The van der Waals surface area contributed by atoms with Gasteiger partial charge in [0.25, 0.3) is 0 Å². The van der Waals surface area contributed by atoms with E-state index in [1.54, 1.807) is 6.33 Å². The second-order valence-electron chi connectivity index (χ2n) is 9.27. The lowest BCUT2D eigenvalue weighted by Gasteiger charge is -2.26. The highest BCUT2D eigenvalue weighted by molar-refractivity contribution is 5.98. The monoisotopic (exact) mass is 454 g/mol. The lowest BCUT2D eigenvalue weighted by atomic mass is 9.87. The number of allylic oxidation sites excluding steroid dienone is 1. The van der Waals surface area contributed by atoms with E-state index < -0.39 is 0 Å². The number of carbonyl (C=O) groups excluding carboxylic acids is 1. The van der Waals surface area contributed by atoms with Gasteiger partial charge in [-0.2, -0.15) is 0 Å². The van der Waals surface area contributed by atoms with Crippen molar-refractivity contribution in [2.24, 2.45) is 11.7 Å². The van der Waals surface area contributed by atoms with Crippen LogP contribution in [0.25, 0.3) is 34.8 Å². The molecule has 2 aliphatic rings. The normalized spacial score (nSPS) is 19.8. The number of nitrogens with one attached hydrogen (secondary N) is 1. The molecule has 1 aromatic carbocycles. The smallest absolute Gasteiger partial charge is 0.337 e. The molecule has 6 nitrogen and oxygen atoms in total. The number of aryl methyl sites for hydroxylation is 1. The van der Waals surface area contributed by atoms with Crippen LogP contribution >= 0.6 is 0 Å². The third kappa shape index (κ3) is 4.87. The van der Waals surface area contributed by atoms with Crippen molar-refractivity contribution in [3.05, 3.63) is 70.5 Å². The van der Waals surface area contributed by atoms with Crippen LogP contribution in [0.15, 0.2) is 54.4 Å². The summed E-state index contributed by atoms with van der Waals surface area (Å²) in [6.07, 6.45) is 12.5. The van der Waals surface area contributed by atoms with Crippen molar-refractivity contribution in [1.82, 2.24) is 15.0 Å². The summed E-state index contributed by atoms with van der Waals surface area (Å²) >= 11 is 0. The summed E-state index contributed by atoms with van der Waals surface area (Å²) in [4.78, 5) is 25.3. The lowest BCUT2D eigenvalue weighted by molar-refractivity contribution is -0.140. The number of pyridine rings is 1. The molecular weight excluding hydrogens is 424 g/mol. The minimum Gasteiger partial charge on any atom is -0.462 e. The van der Waals surface area contributed by atoms with Crippen LogP contribution in [0.3, 0.4) is 0 Å². The van der Waals surface area contributed by atoms with Gasteiger partial charge < -0.3 is 15.5 Å².